The van der Waals surface area contributed by atoms with Crippen LogP contribution in [0.25, 0.3) is 11.3 Å². The summed E-state index contributed by atoms with van der Waals surface area (Å²) >= 11 is 0. The van der Waals surface area contributed by atoms with E-state index in [4.69, 9.17) is 16.2 Å². The highest BCUT2D eigenvalue weighted by molar-refractivity contribution is 5.68. The van der Waals surface area contributed by atoms with Crippen molar-refractivity contribution in [2.45, 2.75) is 25.6 Å². The lowest BCUT2D eigenvalue weighted by Gasteiger charge is -2.31. The number of fused-ring (bicyclic) bond motifs is 1. The fourth-order valence-electron chi connectivity index (χ4n) is 3.72. The number of aryl methyl sites for hydroxylation is 1. The van der Waals surface area contributed by atoms with E-state index < -0.39 is 12.0 Å². The fraction of sp³-hybridized carbons (Fsp3) is 0.250. The van der Waals surface area contributed by atoms with Gasteiger partial charge in [-0.3, -0.25) is 5.32 Å². The lowest BCUT2D eigenvalue weighted by atomic mass is 9.89. The number of rotatable bonds is 3. The van der Waals surface area contributed by atoms with E-state index in [0.29, 0.717) is 40.3 Å². The number of halogens is 1. The molecule has 9 heteroatoms. The van der Waals surface area contributed by atoms with Crippen LogP contribution in [0.5, 0.6) is 5.88 Å². The van der Waals surface area contributed by atoms with Crippen molar-refractivity contribution >= 4 is 11.6 Å². The van der Waals surface area contributed by atoms with E-state index in [1.165, 1.54) is 19.2 Å². The predicted octanol–water partition coefficient (Wildman–Crippen LogP) is 2.04. The Bertz CT molecular complexity index is 1090. The van der Waals surface area contributed by atoms with E-state index in [2.05, 4.69) is 20.3 Å². The molecule has 2 aromatic heterocycles. The van der Waals surface area contributed by atoms with Crippen LogP contribution in [0.4, 0.5) is 16.0 Å². The van der Waals surface area contributed by atoms with Crippen molar-refractivity contribution < 1.29 is 14.2 Å². The van der Waals surface area contributed by atoms with E-state index in [1.54, 1.807) is 25.1 Å². The molecule has 0 aliphatic carbocycles. The maximum Gasteiger partial charge on any atom is 0.237 e. The Morgan fingerprint density at radius 3 is 2.72 bits per heavy atom. The van der Waals surface area contributed by atoms with Gasteiger partial charge in [0.1, 0.15) is 12.0 Å². The van der Waals surface area contributed by atoms with Gasteiger partial charge in [-0.2, -0.15) is 0 Å². The van der Waals surface area contributed by atoms with E-state index in [9.17, 15) is 9.50 Å². The van der Waals surface area contributed by atoms with Gasteiger partial charge in [-0.05, 0) is 36.8 Å². The molecule has 0 bridgehead atoms. The average molecular weight is 396 g/mol. The summed E-state index contributed by atoms with van der Waals surface area (Å²) in [4.78, 5) is 12.8. The van der Waals surface area contributed by atoms with E-state index >= 15 is 0 Å². The predicted molar refractivity (Wildman–Crippen MR) is 106 cm³/mol. The largest absolute Gasteiger partial charge is 0.480 e. The molecule has 0 radical (unpaired) electrons. The molecule has 150 valence electrons. The highest BCUT2D eigenvalue weighted by Crippen LogP contribution is 2.37. The zero-order chi connectivity index (χ0) is 20.7. The number of hydrogen-bond acceptors (Lipinski definition) is 8. The van der Waals surface area contributed by atoms with Gasteiger partial charge in [0, 0.05) is 23.6 Å². The highest BCUT2D eigenvalue weighted by atomic mass is 19.1. The van der Waals surface area contributed by atoms with E-state index in [-0.39, 0.29) is 17.9 Å². The van der Waals surface area contributed by atoms with Crippen LogP contribution in [-0.4, -0.2) is 27.2 Å². The Morgan fingerprint density at radius 1 is 1.17 bits per heavy atom. The number of ether oxygens (including phenoxy) is 1. The molecule has 0 fully saturated rings. The van der Waals surface area contributed by atoms with Crippen LogP contribution in [0.15, 0.2) is 30.3 Å². The highest BCUT2D eigenvalue weighted by Gasteiger charge is 2.31. The van der Waals surface area contributed by atoms with Crippen molar-refractivity contribution in [2.24, 2.45) is 0 Å². The van der Waals surface area contributed by atoms with Crippen LogP contribution in [-0.2, 0) is 6.42 Å². The number of anilines is 2. The standard InChI is InChI=1S/C20H21FN6O2/c1-9-17-16(27-20(23)24-9)8-15(25-18(17)28)11-4-3-10(21)7-12(11)14-6-5-13(22)19(26-14)29-2/h3-7,15,18,25,28H,8,22H2,1-2H3,(H2,23,24,27). The van der Waals surface area contributed by atoms with Crippen LogP contribution < -0.4 is 21.5 Å². The smallest absolute Gasteiger partial charge is 0.237 e. The second-order valence-electron chi connectivity index (χ2n) is 6.88. The molecule has 29 heavy (non-hydrogen) atoms. The van der Waals surface area contributed by atoms with E-state index in [0.717, 1.165) is 5.56 Å². The van der Waals surface area contributed by atoms with Crippen molar-refractivity contribution in [2.75, 3.05) is 18.6 Å². The number of nitrogens with two attached hydrogens (primary N) is 2. The molecule has 6 N–H and O–H groups in total. The summed E-state index contributed by atoms with van der Waals surface area (Å²) in [5.74, 6) is 0.00900. The Labute approximate surface area is 166 Å². The second-order valence-corrected chi connectivity index (χ2v) is 6.88. The number of hydrogen-bond donors (Lipinski definition) is 4. The van der Waals surface area contributed by atoms with E-state index in [1.807, 2.05) is 0 Å². The minimum absolute atomic E-state index is 0.151. The molecule has 0 saturated carbocycles. The average Bonchev–Trinajstić information content (AvgIpc) is 2.67. The van der Waals surface area contributed by atoms with Crippen LogP contribution in [0, 0.1) is 12.7 Å². The van der Waals surface area contributed by atoms with Gasteiger partial charge in [0.05, 0.1) is 29.9 Å². The molecule has 0 amide bonds. The number of nitrogens with one attached hydrogen (secondary N) is 1. The second kappa shape index (κ2) is 7.26. The van der Waals surface area contributed by atoms with Gasteiger partial charge in [-0.1, -0.05) is 6.07 Å². The van der Waals surface area contributed by atoms with Crippen LogP contribution in [0.3, 0.4) is 0 Å². The zero-order valence-electron chi connectivity index (χ0n) is 16.0. The number of aliphatic hydroxyl groups excluding tert-OH is 1. The third-order valence-electron chi connectivity index (χ3n) is 5.01. The summed E-state index contributed by atoms with van der Waals surface area (Å²) in [6, 6.07) is 7.46. The third kappa shape index (κ3) is 3.45. The third-order valence-corrected chi connectivity index (χ3v) is 5.01. The summed E-state index contributed by atoms with van der Waals surface area (Å²) in [6.07, 6.45) is -0.527. The first-order valence-corrected chi connectivity index (χ1v) is 9.04. The lowest BCUT2D eigenvalue weighted by molar-refractivity contribution is 0.110. The van der Waals surface area contributed by atoms with Crippen LogP contribution >= 0.6 is 0 Å². The lowest BCUT2D eigenvalue weighted by Crippen LogP contribution is -2.35. The van der Waals surface area contributed by atoms with Crippen LogP contribution in [0.2, 0.25) is 0 Å². The molecular weight excluding hydrogens is 375 g/mol. The van der Waals surface area contributed by atoms with Crippen molar-refractivity contribution in [3.8, 4) is 17.1 Å². The number of aliphatic hydroxyl groups is 1. The molecule has 1 aromatic carbocycles. The molecule has 3 aromatic rings. The summed E-state index contributed by atoms with van der Waals surface area (Å²) in [7, 11) is 1.47. The maximum absolute atomic E-state index is 14.1. The number of nitrogen functional groups attached to an aromatic ring is 2. The minimum atomic E-state index is -0.976. The van der Waals surface area contributed by atoms with Gasteiger partial charge < -0.3 is 21.3 Å². The molecule has 8 nitrogen and oxygen atoms in total. The molecule has 3 heterocycles. The number of methoxy groups -OCH3 is 1. The summed E-state index contributed by atoms with van der Waals surface area (Å²) in [6.45, 7) is 1.77. The zero-order valence-corrected chi connectivity index (χ0v) is 16.0. The van der Waals surface area contributed by atoms with Gasteiger partial charge in [-0.25, -0.2) is 19.3 Å². The molecule has 0 saturated heterocycles. The summed E-state index contributed by atoms with van der Waals surface area (Å²) in [5.41, 5.74) is 15.8. The molecule has 2 atom stereocenters. The van der Waals surface area contributed by atoms with Gasteiger partial charge in [0.15, 0.2) is 0 Å². The van der Waals surface area contributed by atoms with Crippen molar-refractivity contribution in [1.29, 1.82) is 0 Å². The SMILES string of the molecule is COc1nc(-c2cc(F)ccc2C2Cc3nc(N)nc(C)c3C(O)N2)ccc1N. The summed E-state index contributed by atoms with van der Waals surface area (Å²) < 4.78 is 19.3. The van der Waals surface area contributed by atoms with Gasteiger partial charge >= 0.3 is 0 Å². The molecular formula is C20H21FN6O2. The van der Waals surface area contributed by atoms with Gasteiger partial charge in [-0.15, -0.1) is 0 Å². The van der Waals surface area contributed by atoms with Gasteiger partial charge in [0.25, 0.3) is 0 Å². The Kier molecular flexibility index (Phi) is 4.77. The van der Waals surface area contributed by atoms with Crippen molar-refractivity contribution in [3.05, 3.63) is 58.7 Å². The molecule has 1 aliphatic rings. The van der Waals surface area contributed by atoms with Crippen molar-refractivity contribution in [1.82, 2.24) is 20.3 Å². The Balaban J connectivity index is 1.80. The Morgan fingerprint density at radius 2 is 1.97 bits per heavy atom. The first-order chi connectivity index (χ1) is 13.9. The normalized spacial score (nSPS) is 18.3. The van der Waals surface area contributed by atoms with Crippen molar-refractivity contribution in [3.63, 3.8) is 0 Å². The summed E-state index contributed by atoms with van der Waals surface area (Å²) in [5, 5.41) is 13.8. The minimum Gasteiger partial charge on any atom is -0.480 e. The fourth-order valence-corrected chi connectivity index (χ4v) is 3.72. The number of aromatic nitrogens is 3. The first kappa shape index (κ1) is 19.0. The monoisotopic (exact) mass is 396 g/mol. The number of nitrogens with zero attached hydrogens (tertiary/aromatic N) is 3. The number of pyridine rings is 1. The maximum atomic E-state index is 14.1. The molecule has 0 spiro atoms. The van der Waals surface area contributed by atoms with Crippen LogP contribution in [0.1, 0.15) is 34.8 Å². The first-order valence-electron chi connectivity index (χ1n) is 9.04. The molecule has 1 aliphatic heterocycles. The van der Waals surface area contributed by atoms with Gasteiger partial charge in [0.2, 0.25) is 11.8 Å². The Hall–Kier alpha value is -3.30. The number of benzene rings is 1. The topological polar surface area (TPSA) is 132 Å². The molecule has 4 rings (SSSR count). The molecule has 2 unspecified atom stereocenters. The quantitative estimate of drug-likeness (QED) is 0.529.